The van der Waals surface area contributed by atoms with Gasteiger partial charge in [-0.1, -0.05) is 67.7 Å². The first kappa shape index (κ1) is 27.8. The molecule has 0 saturated heterocycles. The lowest BCUT2D eigenvalue weighted by molar-refractivity contribution is -0.139. The molecular weight excluding hydrogens is 506 g/mol. The number of thioether (sulfide) groups is 1. The second kappa shape index (κ2) is 13.4. The summed E-state index contributed by atoms with van der Waals surface area (Å²) in [6.45, 7) is 6.59. The summed E-state index contributed by atoms with van der Waals surface area (Å²) in [7, 11) is 0. The molecule has 0 heterocycles. The third-order valence-electron chi connectivity index (χ3n) is 4.94. The van der Waals surface area contributed by atoms with E-state index in [-0.39, 0.29) is 35.8 Å². The molecule has 1 N–H and O–H groups in total. The average molecular weight is 534 g/mol. The van der Waals surface area contributed by atoms with Crippen molar-refractivity contribution in [3.63, 3.8) is 0 Å². The number of rotatable bonds is 11. The highest BCUT2D eigenvalue weighted by Gasteiger charge is 2.28. The van der Waals surface area contributed by atoms with Crippen LogP contribution < -0.4 is 5.32 Å². The smallest absolute Gasteiger partial charge is 0.242 e. The minimum Gasteiger partial charge on any atom is -0.354 e. The molecule has 1 atom stereocenters. The van der Waals surface area contributed by atoms with Gasteiger partial charge in [-0.25, -0.2) is 4.39 Å². The molecule has 0 aliphatic rings. The van der Waals surface area contributed by atoms with Crippen molar-refractivity contribution < 1.29 is 14.0 Å². The van der Waals surface area contributed by atoms with E-state index in [1.165, 1.54) is 23.9 Å². The van der Waals surface area contributed by atoms with Crippen LogP contribution >= 0.6 is 46.6 Å². The molecule has 0 fully saturated rings. The van der Waals surface area contributed by atoms with Gasteiger partial charge in [0.1, 0.15) is 11.9 Å². The van der Waals surface area contributed by atoms with Crippen molar-refractivity contribution in [3.05, 3.63) is 68.4 Å². The van der Waals surface area contributed by atoms with E-state index in [0.717, 1.165) is 5.56 Å². The quantitative estimate of drug-likeness (QED) is 0.354. The van der Waals surface area contributed by atoms with Crippen LogP contribution in [0.25, 0.3) is 0 Å². The van der Waals surface area contributed by atoms with Crippen molar-refractivity contribution in [2.45, 2.75) is 45.5 Å². The monoisotopic (exact) mass is 532 g/mol. The number of hydrogen-bond acceptors (Lipinski definition) is 3. The maximum atomic E-state index is 14.1. The first-order chi connectivity index (χ1) is 15.6. The van der Waals surface area contributed by atoms with Gasteiger partial charge >= 0.3 is 0 Å². The lowest BCUT2D eigenvalue weighted by Crippen LogP contribution is -2.50. The molecule has 0 aliphatic heterocycles. The van der Waals surface area contributed by atoms with Crippen molar-refractivity contribution in [1.82, 2.24) is 10.2 Å². The van der Waals surface area contributed by atoms with E-state index in [0.29, 0.717) is 33.6 Å². The highest BCUT2D eigenvalue weighted by atomic mass is 35.5. The van der Waals surface area contributed by atoms with E-state index in [9.17, 15) is 14.0 Å². The Morgan fingerprint density at radius 3 is 2.42 bits per heavy atom. The van der Waals surface area contributed by atoms with Crippen LogP contribution in [0.3, 0.4) is 0 Å². The Balaban J connectivity index is 2.19. The van der Waals surface area contributed by atoms with Crippen molar-refractivity contribution in [3.8, 4) is 0 Å². The minimum absolute atomic E-state index is 0.0694. The van der Waals surface area contributed by atoms with E-state index in [1.54, 1.807) is 29.2 Å². The Morgan fingerprint density at radius 2 is 1.82 bits per heavy atom. The molecule has 0 aromatic heterocycles. The van der Waals surface area contributed by atoms with Gasteiger partial charge in [-0.05, 0) is 42.2 Å². The summed E-state index contributed by atoms with van der Waals surface area (Å²) in [5.74, 6) is -0.248. The van der Waals surface area contributed by atoms with E-state index >= 15 is 0 Å². The summed E-state index contributed by atoms with van der Waals surface area (Å²) in [5.41, 5.74) is 1.12. The summed E-state index contributed by atoms with van der Waals surface area (Å²) >= 11 is 19.5. The molecule has 0 radical (unpaired) electrons. The molecule has 0 spiro atoms. The summed E-state index contributed by atoms with van der Waals surface area (Å²) in [6, 6.07) is 8.98. The van der Waals surface area contributed by atoms with Gasteiger partial charge in [0.15, 0.2) is 0 Å². The normalized spacial score (nSPS) is 12.0. The largest absolute Gasteiger partial charge is 0.354 e. The molecule has 33 heavy (non-hydrogen) atoms. The second-order valence-electron chi connectivity index (χ2n) is 8.03. The summed E-state index contributed by atoms with van der Waals surface area (Å²) < 4.78 is 14.1. The molecule has 2 aromatic rings. The highest BCUT2D eigenvalue weighted by Crippen LogP contribution is 2.26. The third kappa shape index (κ3) is 8.36. The van der Waals surface area contributed by atoms with E-state index in [2.05, 4.69) is 5.32 Å². The van der Waals surface area contributed by atoms with E-state index in [4.69, 9.17) is 34.8 Å². The van der Waals surface area contributed by atoms with Crippen LogP contribution in [0.2, 0.25) is 15.1 Å². The number of amides is 2. The first-order valence-electron chi connectivity index (χ1n) is 10.7. The predicted octanol–water partition coefficient (Wildman–Crippen LogP) is 6.60. The van der Waals surface area contributed by atoms with Crippen LogP contribution in [-0.2, 0) is 21.9 Å². The Bertz CT molecular complexity index is 954. The van der Waals surface area contributed by atoms with Gasteiger partial charge < -0.3 is 10.2 Å². The van der Waals surface area contributed by atoms with E-state index < -0.39 is 11.9 Å². The van der Waals surface area contributed by atoms with Crippen LogP contribution in [0.1, 0.15) is 38.3 Å². The van der Waals surface area contributed by atoms with Gasteiger partial charge in [0.25, 0.3) is 0 Å². The van der Waals surface area contributed by atoms with Gasteiger partial charge in [0.05, 0.1) is 15.8 Å². The van der Waals surface area contributed by atoms with Crippen molar-refractivity contribution in [2.24, 2.45) is 5.92 Å². The summed E-state index contributed by atoms with van der Waals surface area (Å²) in [4.78, 5) is 27.7. The zero-order chi connectivity index (χ0) is 24.5. The molecule has 4 nitrogen and oxygen atoms in total. The predicted molar refractivity (Wildman–Crippen MR) is 137 cm³/mol. The topological polar surface area (TPSA) is 49.4 Å². The van der Waals surface area contributed by atoms with Crippen molar-refractivity contribution >= 4 is 58.4 Å². The Kier molecular flexibility index (Phi) is 11.3. The third-order valence-corrected chi connectivity index (χ3v) is 6.98. The standard InChI is InChI=1S/C24H28Cl3FN2O2S/c1-4-22(24(32)29-11-15(2)3)30(12-16-8-9-19(26)20(27)10-16)23(31)14-33-13-17-18(25)6-5-7-21(17)28/h5-10,15,22H,4,11-14H2,1-3H3,(H,29,32)/t22-/m0/s1. The maximum Gasteiger partial charge on any atom is 0.242 e. The van der Waals surface area contributed by atoms with Crippen LogP contribution in [-0.4, -0.2) is 35.1 Å². The van der Waals surface area contributed by atoms with Gasteiger partial charge in [0, 0.05) is 29.4 Å². The SMILES string of the molecule is CC[C@@H](C(=O)NCC(C)C)N(Cc1ccc(Cl)c(Cl)c1)C(=O)CSCc1c(F)cccc1Cl. The number of benzene rings is 2. The van der Waals surface area contributed by atoms with Gasteiger partial charge in [-0.3, -0.25) is 9.59 Å². The molecule has 0 saturated carbocycles. The molecule has 0 bridgehead atoms. The molecule has 2 amide bonds. The summed E-state index contributed by atoms with van der Waals surface area (Å²) in [5, 5.41) is 4.03. The molecule has 0 unspecified atom stereocenters. The molecule has 2 rings (SSSR count). The Hall–Kier alpha value is -1.47. The van der Waals surface area contributed by atoms with Crippen molar-refractivity contribution in [1.29, 1.82) is 0 Å². The number of nitrogens with zero attached hydrogens (tertiary/aromatic N) is 1. The number of carbonyl (C=O) groups excluding carboxylic acids is 2. The first-order valence-corrected chi connectivity index (χ1v) is 12.9. The molecule has 9 heteroatoms. The zero-order valence-corrected chi connectivity index (χ0v) is 21.9. The fourth-order valence-electron chi connectivity index (χ4n) is 3.17. The number of halogens is 4. The Morgan fingerprint density at radius 1 is 1.09 bits per heavy atom. The van der Waals surface area contributed by atoms with Gasteiger partial charge in [-0.15, -0.1) is 11.8 Å². The minimum atomic E-state index is -0.650. The molecular formula is C24H28Cl3FN2O2S. The average Bonchev–Trinajstić information content (AvgIpc) is 2.76. The van der Waals surface area contributed by atoms with Crippen LogP contribution in [0, 0.1) is 11.7 Å². The van der Waals surface area contributed by atoms with Crippen LogP contribution in [0.15, 0.2) is 36.4 Å². The van der Waals surface area contributed by atoms with E-state index in [1.807, 2.05) is 20.8 Å². The highest BCUT2D eigenvalue weighted by molar-refractivity contribution is 7.99. The van der Waals surface area contributed by atoms with Crippen molar-refractivity contribution in [2.75, 3.05) is 12.3 Å². The molecule has 180 valence electrons. The number of nitrogens with one attached hydrogen (secondary N) is 1. The van der Waals surface area contributed by atoms with Gasteiger partial charge in [-0.2, -0.15) is 0 Å². The fraction of sp³-hybridized carbons (Fsp3) is 0.417. The lowest BCUT2D eigenvalue weighted by atomic mass is 10.1. The molecule has 0 aliphatic carbocycles. The van der Waals surface area contributed by atoms with Gasteiger partial charge in [0.2, 0.25) is 11.8 Å². The Labute approximate surface area is 214 Å². The summed E-state index contributed by atoms with van der Waals surface area (Å²) in [6.07, 6.45) is 0.445. The zero-order valence-electron chi connectivity index (χ0n) is 18.8. The maximum absolute atomic E-state index is 14.1. The number of hydrogen-bond donors (Lipinski definition) is 1. The second-order valence-corrected chi connectivity index (χ2v) is 10.2. The van der Waals surface area contributed by atoms with Crippen LogP contribution in [0.4, 0.5) is 4.39 Å². The number of carbonyl (C=O) groups is 2. The molecule has 2 aromatic carbocycles. The fourth-order valence-corrected chi connectivity index (χ4v) is 4.74. The lowest BCUT2D eigenvalue weighted by Gasteiger charge is -2.31. The van der Waals surface area contributed by atoms with Crippen LogP contribution in [0.5, 0.6) is 0 Å².